The Morgan fingerprint density at radius 3 is 2.04 bits per heavy atom. The van der Waals surface area contributed by atoms with Gasteiger partial charge in [0.05, 0.1) is 17.8 Å². The van der Waals surface area contributed by atoms with E-state index in [1.807, 2.05) is 60.7 Å². The van der Waals surface area contributed by atoms with Gasteiger partial charge in [0.25, 0.3) is 5.91 Å². The average Bonchev–Trinajstić information content (AvgIpc) is 3.69. The summed E-state index contributed by atoms with van der Waals surface area (Å²) >= 11 is 1.35. The summed E-state index contributed by atoms with van der Waals surface area (Å²) in [5, 5.41) is 17.1. The molecule has 54 heavy (non-hydrogen) atoms. The van der Waals surface area contributed by atoms with E-state index < -0.39 is 29.9 Å². The van der Waals surface area contributed by atoms with Crippen LogP contribution in [0.2, 0.25) is 0 Å². The van der Waals surface area contributed by atoms with Crippen LogP contribution in [0.4, 0.5) is 0 Å². The summed E-state index contributed by atoms with van der Waals surface area (Å²) in [4.78, 5) is 52.6. The molecule has 5 aromatic rings. The second kappa shape index (κ2) is 19.1. The van der Waals surface area contributed by atoms with Crippen LogP contribution in [0, 0.1) is 0 Å². The van der Waals surface area contributed by atoms with Gasteiger partial charge < -0.3 is 20.5 Å². The van der Waals surface area contributed by atoms with Gasteiger partial charge in [-0.3, -0.25) is 9.59 Å². The van der Waals surface area contributed by atoms with Crippen LogP contribution in [0.1, 0.15) is 87.0 Å². The van der Waals surface area contributed by atoms with Gasteiger partial charge in [0.2, 0.25) is 5.91 Å². The number of nitrogens with zero attached hydrogens (tertiary/aromatic N) is 3. The second-order valence-corrected chi connectivity index (χ2v) is 15.1. The van der Waals surface area contributed by atoms with Gasteiger partial charge in [-0.05, 0) is 52.8 Å². The van der Waals surface area contributed by atoms with Crippen molar-refractivity contribution < 1.29 is 24.2 Å². The number of benzene rings is 3. The monoisotopic (exact) mass is 747 g/mol. The molecule has 2 heterocycles. The largest absolute Gasteiger partial charge is 0.494 e. The van der Waals surface area contributed by atoms with Crippen molar-refractivity contribution in [3.05, 3.63) is 118 Å². The zero-order chi connectivity index (χ0) is 38.5. The van der Waals surface area contributed by atoms with Crippen molar-refractivity contribution in [3.8, 4) is 28.3 Å². The molecule has 3 N–H and O–H groups in total. The van der Waals surface area contributed by atoms with Crippen LogP contribution in [0.3, 0.4) is 0 Å². The first kappa shape index (κ1) is 39.8. The minimum absolute atomic E-state index is 0.0198. The number of carbonyl (C=O) groups is 3. The van der Waals surface area contributed by atoms with E-state index in [0.29, 0.717) is 23.7 Å². The third-order valence-corrected chi connectivity index (χ3v) is 9.79. The number of ether oxygens (including phenoxy) is 1. The van der Waals surface area contributed by atoms with Crippen molar-refractivity contribution in [1.29, 1.82) is 0 Å². The maximum atomic E-state index is 13.7. The highest BCUT2D eigenvalue weighted by Crippen LogP contribution is 2.25. The molecule has 2 unspecified atom stereocenters. The summed E-state index contributed by atoms with van der Waals surface area (Å²) in [5.41, 5.74) is 6.96. The van der Waals surface area contributed by atoms with Crippen LogP contribution in [0.15, 0.2) is 96.1 Å². The Balaban J connectivity index is 1.25. The van der Waals surface area contributed by atoms with Crippen molar-refractivity contribution in [2.24, 2.45) is 0 Å². The van der Waals surface area contributed by atoms with Gasteiger partial charge in [-0.25, -0.2) is 19.7 Å². The fourth-order valence-corrected chi connectivity index (χ4v) is 6.45. The molecule has 2 aromatic heterocycles. The highest BCUT2D eigenvalue weighted by Gasteiger charge is 2.28. The van der Waals surface area contributed by atoms with Gasteiger partial charge >= 0.3 is 5.97 Å². The summed E-state index contributed by atoms with van der Waals surface area (Å²) in [7, 11) is 0. The zero-order valence-corrected chi connectivity index (χ0v) is 32.2. The predicted octanol–water partition coefficient (Wildman–Crippen LogP) is 8.07. The van der Waals surface area contributed by atoms with Crippen LogP contribution >= 0.6 is 11.3 Å². The zero-order valence-electron chi connectivity index (χ0n) is 31.4. The van der Waals surface area contributed by atoms with E-state index in [-0.39, 0.29) is 18.3 Å². The summed E-state index contributed by atoms with van der Waals surface area (Å²) in [6, 6.07) is 20.4. The van der Waals surface area contributed by atoms with Crippen LogP contribution in [0.25, 0.3) is 22.5 Å². The Kier molecular flexibility index (Phi) is 14.0. The molecule has 2 amide bonds. The molecule has 0 saturated carbocycles. The lowest BCUT2D eigenvalue weighted by atomic mass is 9.86. The number of aromatic nitrogens is 3. The fraction of sp³-hybridized carbons (Fsp3) is 0.349. The Labute approximate surface area is 321 Å². The molecule has 3 aromatic carbocycles. The van der Waals surface area contributed by atoms with Crippen LogP contribution in [0.5, 0.6) is 5.75 Å². The summed E-state index contributed by atoms with van der Waals surface area (Å²) < 4.78 is 5.90. The number of hydrogen-bond acceptors (Lipinski definition) is 8. The average molecular weight is 748 g/mol. The quantitative estimate of drug-likeness (QED) is 0.0764. The molecule has 0 saturated heterocycles. The number of carboxylic acids is 1. The van der Waals surface area contributed by atoms with E-state index in [9.17, 15) is 19.5 Å². The third-order valence-electron chi connectivity index (χ3n) is 9.15. The number of carboxylic acid groups (broad SMARTS) is 1. The molecule has 0 fully saturated rings. The molecule has 11 heteroatoms. The SMILES string of the molecule is CCCCCCCOc1ccc(-c2cnc(-c3ccc(CC(NC(=O)c4ccc(C(C)(C)C)cc4)C(=O)NC(Cc4cscn4)C(=O)O)cc3)nc2)cc1. The van der Waals surface area contributed by atoms with Gasteiger partial charge in [-0.15, -0.1) is 11.3 Å². The predicted molar refractivity (Wildman–Crippen MR) is 213 cm³/mol. The number of thiazole rings is 1. The van der Waals surface area contributed by atoms with Gasteiger partial charge in [0, 0.05) is 47.3 Å². The van der Waals surface area contributed by atoms with Crippen LogP contribution in [-0.2, 0) is 27.8 Å². The van der Waals surface area contributed by atoms with E-state index in [0.717, 1.165) is 40.0 Å². The van der Waals surface area contributed by atoms with Crippen LogP contribution in [-0.4, -0.2) is 56.5 Å². The number of hydrogen-bond donors (Lipinski definition) is 3. The van der Waals surface area contributed by atoms with Crippen molar-refractivity contribution in [1.82, 2.24) is 25.6 Å². The Morgan fingerprint density at radius 2 is 1.43 bits per heavy atom. The molecule has 0 aliphatic heterocycles. The first-order valence-electron chi connectivity index (χ1n) is 18.5. The van der Waals surface area contributed by atoms with E-state index in [1.165, 1.54) is 37.0 Å². The van der Waals surface area contributed by atoms with Crippen molar-refractivity contribution in [2.45, 2.75) is 90.1 Å². The minimum Gasteiger partial charge on any atom is -0.494 e. The van der Waals surface area contributed by atoms with Gasteiger partial charge in [-0.2, -0.15) is 0 Å². The van der Waals surface area contributed by atoms with Gasteiger partial charge in [-0.1, -0.05) is 102 Å². The fourth-order valence-electron chi connectivity index (χ4n) is 5.88. The molecule has 0 aliphatic rings. The molecule has 0 aliphatic carbocycles. The number of unbranched alkanes of at least 4 members (excludes halogenated alkanes) is 4. The highest BCUT2D eigenvalue weighted by atomic mass is 32.1. The maximum absolute atomic E-state index is 13.7. The first-order valence-corrected chi connectivity index (χ1v) is 19.4. The van der Waals surface area contributed by atoms with E-state index in [4.69, 9.17) is 4.74 Å². The molecular weight excluding hydrogens is 699 g/mol. The molecule has 282 valence electrons. The lowest BCUT2D eigenvalue weighted by Gasteiger charge is -2.22. The van der Waals surface area contributed by atoms with E-state index in [1.54, 1.807) is 35.4 Å². The molecule has 0 spiro atoms. The minimum atomic E-state index is -1.22. The molecule has 5 rings (SSSR count). The van der Waals surface area contributed by atoms with E-state index >= 15 is 0 Å². The van der Waals surface area contributed by atoms with Gasteiger partial charge in [0.15, 0.2) is 5.82 Å². The molecule has 0 radical (unpaired) electrons. The number of carbonyl (C=O) groups excluding carboxylic acids is 2. The van der Waals surface area contributed by atoms with Crippen molar-refractivity contribution >= 4 is 29.1 Å². The normalized spacial score (nSPS) is 12.4. The topological polar surface area (TPSA) is 143 Å². The molecule has 0 bridgehead atoms. The summed E-state index contributed by atoms with van der Waals surface area (Å²) in [5.74, 6) is -0.849. The smallest absolute Gasteiger partial charge is 0.326 e. The summed E-state index contributed by atoms with van der Waals surface area (Å²) in [6.45, 7) is 9.20. The Bertz CT molecular complexity index is 1940. The maximum Gasteiger partial charge on any atom is 0.326 e. The summed E-state index contributed by atoms with van der Waals surface area (Å²) in [6.07, 6.45) is 9.70. The Morgan fingerprint density at radius 1 is 0.759 bits per heavy atom. The molecular formula is C43H49N5O5S. The molecule has 2 atom stereocenters. The number of aliphatic carboxylic acids is 1. The lowest BCUT2D eigenvalue weighted by molar-refractivity contribution is -0.142. The third kappa shape index (κ3) is 11.5. The Hall–Kier alpha value is -5.42. The molecule has 10 nitrogen and oxygen atoms in total. The standard InChI is InChI=1S/C43H49N5O5S/c1-5-6-7-8-9-22-53-36-20-16-30(17-21-36)33-25-44-39(45-26-33)31-12-10-29(11-13-31)23-37(41(50)48-38(42(51)52)24-35-27-54-28-46-35)47-40(49)32-14-18-34(19-15-32)43(2,3)4/h10-21,25-28,37-38H,5-9,22-24H2,1-4H3,(H,47,49)(H,48,50)(H,51,52). The van der Waals surface area contributed by atoms with E-state index in [2.05, 4.69) is 53.3 Å². The highest BCUT2D eigenvalue weighted by molar-refractivity contribution is 7.07. The van der Waals surface area contributed by atoms with Gasteiger partial charge in [0.1, 0.15) is 17.8 Å². The van der Waals surface area contributed by atoms with Crippen molar-refractivity contribution in [2.75, 3.05) is 6.61 Å². The number of amides is 2. The second-order valence-electron chi connectivity index (χ2n) is 14.4. The lowest BCUT2D eigenvalue weighted by Crippen LogP contribution is -2.53. The van der Waals surface area contributed by atoms with Crippen LogP contribution < -0.4 is 15.4 Å². The first-order chi connectivity index (χ1) is 26.0. The van der Waals surface area contributed by atoms with Crippen molar-refractivity contribution in [3.63, 3.8) is 0 Å². The number of nitrogens with one attached hydrogen (secondary N) is 2. The number of rotatable bonds is 18.